The van der Waals surface area contributed by atoms with Crippen LogP contribution in [0.3, 0.4) is 0 Å². The number of unbranched alkanes of at least 4 members (excludes halogenated alkanes) is 1. The quantitative estimate of drug-likeness (QED) is 0.611. The van der Waals surface area contributed by atoms with Crippen molar-refractivity contribution in [3.63, 3.8) is 0 Å². The first kappa shape index (κ1) is 24.1. The van der Waals surface area contributed by atoms with Crippen LogP contribution in [0.5, 0.6) is 11.5 Å². The van der Waals surface area contributed by atoms with Crippen LogP contribution in [0.15, 0.2) is 53.4 Å². The summed E-state index contributed by atoms with van der Waals surface area (Å²) in [6, 6.07) is 14.3. The summed E-state index contributed by atoms with van der Waals surface area (Å²) >= 11 is 0. The van der Waals surface area contributed by atoms with E-state index < -0.39 is 9.84 Å². The summed E-state index contributed by atoms with van der Waals surface area (Å²) in [6.45, 7) is 5.58. The summed E-state index contributed by atoms with van der Waals surface area (Å²) in [5.41, 5.74) is 6.79. The number of amides is 2. The van der Waals surface area contributed by atoms with Crippen LogP contribution in [0.1, 0.15) is 38.2 Å². The van der Waals surface area contributed by atoms with Crippen LogP contribution >= 0.6 is 0 Å². The smallest absolute Gasteiger partial charge is 0.315 e. The van der Waals surface area contributed by atoms with Crippen molar-refractivity contribution in [2.24, 2.45) is 5.73 Å². The maximum atomic E-state index is 11.8. The van der Waals surface area contributed by atoms with Gasteiger partial charge in [0.25, 0.3) is 0 Å². The Labute approximate surface area is 191 Å². The Morgan fingerprint density at radius 3 is 2.12 bits per heavy atom. The molecule has 2 N–H and O–H groups in total. The van der Waals surface area contributed by atoms with Gasteiger partial charge in [-0.15, -0.1) is 0 Å². The lowest BCUT2D eigenvalue weighted by atomic mass is 10.0. The number of urea groups is 1. The third-order valence-corrected chi connectivity index (χ3v) is 6.98. The Bertz CT molecular complexity index is 983. The third-order valence-electron chi connectivity index (χ3n) is 5.85. The van der Waals surface area contributed by atoms with Gasteiger partial charge < -0.3 is 15.4 Å². The molecule has 0 unspecified atom stereocenters. The number of nitrogens with two attached hydrogens (primary N) is 1. The summed E-state index contributed by atoms with van der Waals surface area (Å²) in [4.78, 5) is 16.3. The van der Waals surface area contributed by atoms with Crippen LogP contribution in [0.25, 0.3) is 0 Å². The molecule has 0 spiro atoms. The van der Waals surface area contributed by atoms with E-state index in [-0.39, 0.29) is 17.0 Å². The van der Waals surface area contributed by atoms with Crippen molar-refractivity contribution >= 4 is 15.9 Å². The van der Waals surface area contributed by atoms with Gasteiger partial charge in [-0.05, 0) is 61.2 Å². The van der Waals surface area contributed by atoms with Gasteiger partial charge in [-0.3, -0.25) is 4.90 Å². The predicted octanol–water partition coefficient (Wildman–Crippen LogP) is 4.03. The zero-order chi connectivity index (χ0) is 23.1. The van der Waals surface area contributed by atoms with Crippen LogP contribution in [0.2, 0.25) is 0 Å². The summed E-state index contributed by atoms with van der Waals surface area (Å²) in [5, 5.41) is 0. The second-order valence-electron chi connectivity index (χ2n) is 8.38. The minimum Gasteiger partial charge on any atom is -0.457 e. The Kier molecular flexibility index (Phi) is 8.15. The van der Waals surface area contributed by atoms with Crippen LogP contribution in [-0.4, -0.2) is 56.2 Å². The minimum absolute atomic E-state index is 0.236. The highest BCUT2D eigenvalue weighted by Gasteiger charge is 2.26. The van der Waals surface area contributed by atoms with Crippen molar-refractivity contribution in [1.82, 2.24) is 9.80 Å². The van der Waals surface area contributed by atoms with Gasteiger partial charge in [0, 0.05) is 38.5 Å². The number of rotatable bonds is 9. The number of nitrogens with zero attached hydrogens (tertiary/aromatic N) is 2. The number of hydrogen-bond donors (Lipinski definition) is 1. The molecule has 0 radical (unpaired) electrons. The first-order valence-corrected chi connectivity index (χ1v) is 13.0. The Morgan fingerprint density at radius 1 is 1.06 bits per heavy atom. The molecule has 0 bridgehead atoms. The molecule has 174 valence electrons. The Balaban J connectivity index is 1.50. The lowest BCUT2D eigenvalue weighted by Crippen LogP contribution is -2.49. The maximum absolute atomic E-state index is 11.8. The Morgan fingerprint density at radius 2 is 1.62 bits per heavy atom. The van der Waals surface area contributed by atoms with E-state index in [1.54, 1.807) is 24.3 Å². The molecule has 7 nitrogen and oxygen atoms in total. The van der Waals surface area contributed by atoms with E-state index in [0.29, 0.717) is 11.5 Å². The number of sulfone groups is 1. The van der Waals surface area contributed by atoms with Crippen molar-refractivity contribution in [3.05, 3.63) is 54.1 Å². The van der Waals surface area contributed by atoms with Crippen LogP contribution in [-0.2, 0) is 16.4 Å². The van der Waals surface area contributed by atoms with E-state index in [9.17, 15) is 13.2 Å². The topological polar surface area (TPSA) is 92.9 Å². The molecule has 2 aromatic carbocycles. The number of carbonyl (C=O) groups excluding carboxylic acids is 1. The van der Waals surface area contributed by atoms with Gasteiger partial charge in [0.2, 0.25) is 0 Å². The molecule has 0 saturated carbocycles. The maximum Gasteiger partial charge on any atom is 0.315 e. The molecular formula is C24H33N3O4S. The highest BCUT2D eigenvalue weighted by molar-refractivity contribution is 7.90. The van der Waals surface area contributed by atoms with Crippen molar-refractivity contribution in [3.8, 4) is 11.5 Å². The minimum atomic E-state index is -3.21. The fraction of sp³-hybridized carbons (Fsp3) is 0.458. The van der Waals surface area contributed by atoms with E-state index in [4.69, 9.17) is 10.5 Å². The molecule has 2 aromatic rings. The van der Waals surface area contributed by atoms with Crippen LogP contribution in [0, 0.1) is 0 Å². The number of benzene rings is 2. The molecule has 1 fully saturated rings. The molecule has 1 aliphatic heterocycles. The van der Waals surface area contributed by atoms with E-state index in [0.717, 1.165) is 51.9 Å². The van der Waals surface area contributed by atoms with E-state index in [2.05, 4.69) is 11.8 Å². The summed E-state index contributed by atoms with van der Waals surface area (Å²) in [7, 11) is -3.21. The second kappa shape index (κ2) is 10.8. The van der Waals surface area contributed by atoms with Gasteiger partial charge in [0.05, 0.1) is 4.90 Å². The van der Waals surface area contributed by atoms with Crippen molar-refractivity contribution in [2.75, 3.05) is 25.9 Å². The molecule has 1 heterocycles. The summed E-state index contributed by atoms with van der Waals surface area (Å²) in [6.07, 6.45) is 5.10. The lowest BCUT2D eigenvalue weighted by Gasteiger charge is -2.37. The number of hydrogen-bond acceptors (Lipinski definition) is 5. The number of piperidine rings is 1. The molecule has 3 rings (SSSR count). The van der Waals surface area contributed by atoms with Gasteiger partial charge in [0.1, 0.15) is 11.5 Å². The summed E-state index contributed by atoms with van der Waals surface area (Å²) < 4.78 is 28.9. The monoisotopic (exact) mass is 459 g/mol. The van der Waals surface area contributed by atoms with E-state index in [1.165, 1.54) is 11.8 Å². The van der Waals surface area contributed by atoms with E-state index in [1.807, 2.05) is 29.2 Å². The highest BCUT2D eigenvalue weighted by atomic mass is 32.2. The SMILES string of the molecule is CCCCN(C(N)=O)C1CCN(Cc2ccc(Oc3ccc(S(C)(=O)=O)cc3)cc2)CC1. The molecule has 0 aliphatic carbocycles. The number of primary amides is 1. The zero-order valence-electron chi connectivity index (χ0n) is 18.9. The first-order valence-electron chi connectivity index (χ1n) is 11.1. The summed E-state index contributed by atoms with van der Waals surface area (Å²) in [5.74, 6) is 1.29. The number of carbonyl (C=O) groups is 1. The van der Waals surface area contributed by atoms with Gasteiger partial charge in [0.15, 0.2) is 9.84 Å². The average molecular weight is 460 g/mol. The molecule has 1 saturated heterocycles. The van der Waals surface area contributed by atoms with Gasteiger partial charge >= 0.3 is 6.03 Å². The van der Waals surface area contributed by atoms with Crippen molar-refractivity contribution < 1.29 is 17.9 Å². The molecule has 8 heteroatoms. The standard InChI is InChI=1S/C24H33N3O4S/c1-3-4-15-27(24(25)28)20-13-16-26(17-14-20)18-19-5-7-21(8-6-19)31-22-9-11-23(12-10-22)32(2,29)30/h5-12,20H,3-4,13-18H2,1-2H3,(H2,25,28). The molecule has 0 aromatic heterocycles. The fourth-order valence-electron chi connectivity index (χ4n) is 4.00. The van der Waals surface area contributed by atoms with Crippen molar-refractivity contribution in [2.45, 2.75) is 50.1 Å². The van der Waals surface area contributed by atoms with Crippen LogP contribution in [0.4, 0.5) is 4.79 Å². The molecule has 1 aliphatic rings. The van der Waals surface area contributed by atoms with E-state index >= 15 is 0 Å². The lowest BCUT2D eigenvalue weighted by molar-refractivity contribution is 0.120. The van der Waals surface area contributed by atoms with Gasteiger partial charge in [-0.25, -0.2) is 13.2 Å². The molecular weight excluding hydrogens is 426 g/mol. The average Bonchev–Trinajstić information content (AvgIpc) is 2.76. The largest absolute Gasteiger partial charge is 0.457 e. The highest BCUT2D eigenvalue weighted by Crippen LogP contribution is 2.24. The normalized spacial score (nSPS) is 15.4. The Hall–Kier alpha value is -2.58. The fourth-order valence-corrected chi connectivity index (χ4v) is 4.63. The third kappa shape index (κ3) is 6.71. The van der Waals surface area contributed by atoms with Gasteiger partial charge in [-0.2, -0.15) is 0 Å². The molecule has 2 amide bonds. The second-order valence-corrected chi connectivity index (χ2v) is 10.4. The molecule has 0 atom stereocenters. The number of ether oxygens (including phenoxy) is 1. The zero-order valence-corrected chi connectivity index (χ0v) is 19.7. The van der Waals surface area contributed by atoms with Crippen LogP contribution < -0.4 is 10.5 Å². The predicted molar refractivity (Wildman–Crippen MR) is 126 cm³/mol. The van der Waals surface area contributed by atoms with Gasteiger partial charge in [-0.1, -0.05) is 25.5 Å². The van der Waals surface area contributed by atoms with Crippen molar-refractivity contribution in [1.29, 1.82) is 0 Å². The number of likely N-dealkylation sites (tertiary alicyclic amines) is 1. The first-order chi connectivity index (χ1) is 15.3. The molecule has 32 heavy (non-hydrogen) atoms.